The number of nitrogens with zero attached hydrogens (tertiary/aromatic N) is 4. The lowest BCUT2D eigenvalue weighted by molar-refractivity contribution is -0.210. The van der Waals surface area contributed by atoms with Gasteiger partial charge in [0.25, 0.3) is 0 Å². The van der Waals surface area contributed by atoms with Gasteiger partial charge in [0.1, 0.15) is 22.7 Å². The fourth-order valence-electron chi connectivity index (χ4n) is 2.57. The number of hydrogen-bond donors (Lipinski definition) is 2. The predicted octanol–water partition coefficient (Wildman–Crippen LogP) is 4.21. The molecule has 2 N–H and O–H groups in total. The number of carbonyl (C=O) groups is 2. The number of carbonyl (C=O) groups excluding carboxylic acids is 2. The van der Waals surface area contributed by atoms with Crippen LogP contribution >= 0.6 is 0 Å². The first-order chi connectivity index (χ1) is 15.4. The van der Waals surface area contributed by atoms with E-state index >= 15 is 0 Å². The van der Waals surface area contributed by atoms with Crippen molar-refractivity contribution in [3.8, 4) is 22.8 Å². The van der Waals surface area contributed by atoms with E-state index in [1.165, 1.54) is 12.1 Å². The molecule has 0 saturated carbocycles. The molecule has 0 bridgehead atoms. The molecule has 0 spiro atoms. The van der Waals surface area contributed by atoms with Gasteiger partial charge in [0, 0.05) is 31.1 Å². The Bertz CT molecular complexity index is 1190. The smallest absolute Gasteiger partial charge is 0.402 e. The van der Waals surface area contributed by atoms with Gasteiger partial charge in [-0.3, -0.25) is 25.1 Å². The van der Waals surface area contributed by atoms with Crippen LogP contribution in [0.25, 0.3) is 11.3 Å². The Morgan fingerprint density at radius 2 is 1.88 bits per heavy atom. The molecule has 12 heteroatoms. The van der Waals surface area contributed by atoms with E-state index in [-0.39, 0.29) is 5.82 Å². The summed E-state index contributed by atoms with van der Waals surface area (Å²) < 4.78 is 46.3. The average Bonchev–Trinajstić information content (AvgIpc) is 3.15. The Kier molecular flexibility index (Phi) is 6.38. The second-order valence-electron chi connectivity index (χ2n) is 7.69. The van der Waals surface area contributed by atoms with Gasteiger partial charge < -0.3 is 4.74 Å². The fourth-order valence-corrected chi connectivity index (χ4v) is 2.57. The molecule has 0 aliphatic carbocycles. The van der Waals surface area contributed by atoms with Crippen LogP contribution in [0.5, 0.6) is 11.5 Å². The van der Waals surface area contributed by atoms with Crippen molar-refractivity contribution in [2.75, 3.05) is 5.32 Å². The van der Waals surface area contributed by atoms with Gasteiger partial charge in [0.15, 0.2) is 0 Å². The molecule has 0 aliphatic rings. The molecular weight excluding hydrogens is 441 g/mol. The Balaban J connectivity index is 1.67. The molecule has 0 radical (unpaired) electrons. The SMILES string of the molecule is Cc1nc(NC(=O)NC(=O)C(C)(C)C(F)(F)F)ccc1Oc1ccnc(-c2cnn(C)c2)c1. The molecule has 3 heterocycles. The quantitative estimate of drug-likeness (QED) is 0.588. The highest BCUT2D eigenvalue weighted by molar-refractivity contribution is 6.02. The summed E-state index contributed by atoms with van der Waals surface area (Å²) in [4.78, 5) is 32.2. The Morgan fingerprint density at radius 1 is 1.15 bits per heavy atom. The highest BCUT2D eigenvalue weighted by atomic mass is 19.4. The number of pyridine rings is 2. The van der Waals surface area contributed by atoms with Crippen molar-refractivity contribution in [3.05, 3.63) is 48.5 Å². The van der Waals surface area contributed by atoms with Crippen molar-refractivity contribution in [2.24, 2.45) is 12.5 Å². The minimum Gasteiger partial charge on any atom is -0.455 e. The number of anilines is 1. The molecule has 0 unspecified atom stereocenters. The molecule has 0 fully saturated rings. The van der Waals surface area contributed by atoms with Crippen molar-refractivity contribution in [2.45, 2.75) is 26.9 Å². The van der Waals surface area contributed by atoms with Gasteiger partial charge in [0.2, 0.25) is 5.91 Å². The minimum absolute atomic E-state index is 0.0285. The van der Waals surface area contributed by atoms with Crippen molar-refractivity contribution < 1.29 is 27.5 Å². The van der Waals surface area contributed by atoms with E-state index in [0.29, 0.717) is 36.7 Å². The van der Waals surface area contributed by atoms with E-state index in [9.17, 15) is 22.8 Å². The van der Waals surface area contributed by atoms with E-state index in [1.54, 1.807) is 48.5 Å². The zero-order chi connectivity index (χ0) is 24.4. The number of nitrogens with one attached hydrogen (secondary N) is 2. The number of urea groups is 1. The van der Waals surface area contributed by atoms with Crippen LogP contribution in [-0.2, 0) is 11.8 Å². The van der Waals surface area contributed by atoms with Crippen LogP contribution in [0.4, 0.5) is 23.8 Å². The zero-order valence-electron chi connectivity index (χ0n) is 18.2. The molecule has 9 nitrogen and oxygen atoms in total. The normalized spacial score (nSPS) is 11.7. The summed E-state index contributed by atoms with van der Waals surface area (Å²) in [5.41, 5.74) is -0.862. The first kappa shape index (κ1) is 23.7. The number of ether oxygens (including phenoxy) is 1. The monoisotopic (exact) mass is 462 g/mol. The Hall–Kier alpha value is -3.96. The highest BCUT2D eigenvalue weighted by Gasteiger charge is 2.53. The zero-order valence-corrected chi connectivity index (χ0v) is 18.2. The van der Waals surface area contributed by atoms with Crippen LogP contribution in [0.2, 0.25) is 0 Å². The van der Waals surface area contributed by atoms with Crippen LogP contribution < -0.4 is 15.4 Å². The Labute approximate surface area is 187 Å². The van der Waals surface area contributed by atoms with E-state index in [2.05, 4.69) is 20.4 Å². The highest BCUT2D eigenvalue weighted by Crippen LogP contribution is 2.37. The van der Waals surface area contributed by atoms with E-state index in [0.717, 1.165) is 5.56 Å². The van der Waals surface area contributed by atoms with Gasteiger partial charge >= 0.3 is 12.2 Å². The van der Waals surface area contributed by atoms with E-state index < -0.39 is 23.5 Å². The number of imide groups is 1. The first-order valence-corrected chi connectivity index (χ1v) is 9.66. The predicted molar refractivity (Wildman–Crippen MR) is 112 cm³/mol. The number of aryl methyl sites for hydroxylation is 2. The van der Waals surface area contributed by atoms with Gasteiger partial charge in [-0.2, -0.15) is 18.3 Å². The summed E-state index contributed by atoms with van der Waals surface area (Å²) in [5, 5.41) is 8.02. The maximum atomic E-state index is 12.9. The molecule has 174 valence electrons. The molecule has 3 aromatic heterocycles. The number of amides is 3. The fraction of sp³-hybridized carbons (Fsp3) is 0.286. The van der Waals surface area contributed by atoms with Gasteiger partial charge in [-0.05, 0) is 39.0 Å². The topological polar surface area (TPSA) is 111 Å². The lowest BCUT2D eigenvalue weighted by Gasteiger charge is -2.25. The third-order valence-corrected chi connectivity index (χ3v) is 4.74. The summed E-state index contributed by atoms with van der Waals surface area (Å²) >= 11 is 0. The van der Waals surface area contributed by atoms with Crippen molar-refractivity contribution >= 4 is 17.8 Å². The third-order valence-electron chi connectivity index (χ3n) is 4.74. The summed E-state index contributed by atoms with van der Waals surface area (Å²) in [5.74, 6) is -0.571. The number of rotatable bonds is 5. The van der Waals surface area contributed by atoms with Crippen LogP contribution in [-0.4, -0.2) is 37.9 Å². The molecule has 0 aromatic carbocycles. The van der Waals surface area contributed by atoms with Crippen molar-refractivity contribution in [1.29, 1.82) is 0 Å². The minimum atomic E-state index is -4.81. The molecule has 0 saturated heterocycles. The maximum absolute atomic E-state index is 12.9. The van der Waals surface area contributed by atoms with E-state index in [1.807, 2.05) is 6.20 Å². The van der Waals surface area contributed by atoms with Crippen LogP contribution in [0.3, 0.4) is 0 Å². The maximum Gasteiger partial charge on any atom is 0.402 e. The van der Waals surface area contributed by atoms with Crippen LogP contribution in [0.15, 0.2) is 42.9 Å². The summed E-state index contributed by atoms with van der Waals surface area (Å²) in [6.45, 7) is 2.99. The lowest BCUT2D eigenvalue weighted by atomic mass is 9.92. The van der Waals surface area contributed by atoms with Gasteiger partial charge in [0.05, 0.1) is 17.6 Å². The first-order valence-electron chi connectivity index (χ1n) is 9.66. The second-order valence-corrected chi connectivity index (χ2v) is 7.69. The number of aromatic nitrogens is 4. The summed E-state index contributed by atoms with van der Waals surface area (Å²) in [6, 6.07) is 5.18. The molecule has 3 rings (SSSR count). The van der Waals surface area contributed by atoms with E-state index in [4.69, 9.17) is 4.74 Å². The van der Waals surface area contributed by atoms with Crippen LogP contribution in [0, 0.1) is 12.3 Å². The molecule has 0 aliphatic heterocycles. The third kappa shape index (κ3) is 5.45. The van der Waals surface area contributed by atoms with Gasteiger partial charge in [-0.25, -0.2) is 9.78 Å². The van der Waals surface area contributed by atoms with Crippen molar-refractivity contribution in [1.82, 2.24) is 25.1 Å². The molecule has 3 amide bonds. The van der Waals surface area contributed by atoms with Crippen LogP contribution in [0.1, 0.15) is 19.5 Å². The number of hydrogen-bond acceptors (Lipinski definition) is 6. The molecular formula is C21H21F3N6O3. The summed E-state index contributed by atoms with van der Waals surface area (Å²) in [7, 11) is 1.79. The summed E-state index contributed by atoms with van der Waals surface area (Å²) in [6.07, 6.45) is 0.255. The lowest BCUT2D eigenvalue weighted by Crippen LogP contribution is -2.49. The standard InChI is InChI=1S/C21H21F3N6O3/c1-12-16(33-14-7-8-25-15(9-14)13-10-26-30(4)11-13)5-6-17(27-12)28-19(32)29-18(31)20(2,3)21(22,23)24/h5-11H,1-4H3,(H2,27,28,29,31,32). The molecule has 0 atom stereocenters. The van der Waals surface area contributed by atoms with Crippen molar-refractivity contribution in [3.63, 3.8) is 0 Å². The number of halogens is 3. The number of alkyl halides is 3. The van der Waals surface area contributed by atoms with Gasteiger partial charge in [-0.1, -0.05) is 0 Å². The largest absolute Gasteiger partial charge is 0.455 e. The Morgan fingerprint density at radius 3 is 2.48 bits per heavy atom. The average molecular weight is 462 g/mol. The molecule has 3 aromatic rings. The van der Waals surface area contributed by atoms with Gasteiger partial charge in [-0.15, -0.1) is 0 Å². The molecule has 33 heavy (non-hydrogen) atoms. The second kappa shape index (κ2) is 8.88.